The number of halogens is 1. The Labute approximate surface area is 165 Å². The number of nitrogens with one attached hydrogen (secondary N) is 3. The van der Waals surface area contributed by atoms with Crippen LogP contribution in [0.1, 0.15) is 5.56 Å². The van der Waals surface area contributed by atoms with Crippen LogP contribution in [-0.4, -0.2) is 39.1 Å². The molecule has 12 heteroatoms. The summed E-state index contributed by atoms with van der Waals surface area (Å²) >= 11 is 0. The third kappa shape index (κ3) is 4.48. The highest BCUT2D eigenvalue weighted by Crippen LogP contribution is 2.36. The molecule has 0 radical (unpaired) electrons. The van der Waals surface area contributed by atoms with Gasteiger partial charge in [0.1, 0.15) is 23.7 Å². The number of amides is 3. The molecule has 1 aliphatic rings. The van der Waals surface area contributed by atoms with E-state index in [1.54, 1.807) is 29.0 Å². The minimum absolute atomic E-state index is 0.105. The number of methoxy groups -OCH3 is 1. The third-order valence-electron chi connectivity index (χ3n) is 3.98. The zero-order valence-electron chi connectivity index (χ0n) is 15.1. The molecule has 1 saturated heterocycles. The van der Waals surface area contributed by atoms with Crippen LogP contribution in [0.3, 0.4) is 0 Å². The van der Waals surface area contributed by atoms with Crippen LogP contribution >= 0.6 is 0 Å². The van der Waals surface area contributed by atoms with E-state index in [0.717, 1.165) is 17.7 Å². The molecule has 0 unspecified atom stereocenters. The topological polar surface area (TPSA) is 137 Å². The molecule has 0 bridgehead atoms. The molecule has 1 fully saturated rings. The molecular formula is C17H17FN4O6S. The molecule has 1 heterocycles. The van der Waals surface area contributed by atoms with Crippen molar-refractivity contribution >= 4 is 33.5 Å². The Hall–Kier alpha value is -3.54. The Balaban J connectivity index is 1.68. The quantitative estimate of drug-likeness (QED) is 0.566. The second-order valence-corrected chi connectivity index (χ2v) is 7.61. The standard InChI is InChI=1S/C17H17FN4O6S/c1-28-12-4-2-10(3-5-12)8-19-17(25)20-11-6-13(18)16(14(23)7-11)22-9-15(24)21-29(22,26)27/h2-7,23H,8-9H2,1H3,(H,21,24)(H2,19,20,25). The number of phenolic OH excluding ortho intramolecular Hbond substituents is 1. The van der Waals surface area contributed by atoms with Crippen LogP contribution in [0.2, 0.25) is 0 Å². The van der Waals surface area contributed by atoms with Gasteiger partial charge >= 0.3 is 16.2 Å². The van der Waals surface area contributed by atoms with Gasteiger partial charge in [0.05, 0.1) is 7.11 Å². The maximum Gasteiger partial charge on any atom is 0.326 e. The second kappa shape index (κ2) is 7.83. The van der Waals surface area contributed by atoms with Crippen molar-refractivity contribution in [1.29, 1.82) is 0 Å². The van der Waals surface area contributed by atoms with Crippen LogP contribution in [0.15, 0.2) is 36.4 Å². The molecule has 4 N–H and O–H groups in total. The van der Waals surface area contributed by atoms with Gasteiger partial charge in [-0.2, -0.15) is 8.42 Å². The van der Waals surface area contributed by atoms with Gasteiger partial charge in [-0.1, -0.05) is 12.1 Å². The van der Waals surface area contributed by atoms with E-state index in [9.17, 15) is 27.5 Å². The number of phenols is 1. The van der Waals surface area contributed by atoms with E-state index >= 15 is 0 Å². The molecule has 10 nitrogen and oxygen atoms in total. The van der Waals surface area contributed by atoms with Crippen molar-refractivity contribution < 1.29 is 32.2 Å². The molecule has 2 aromatic carbocycles. The monoisotopic (exact) mass is 424 g/mol. The van der Waals surface area contributed by atoms with Crippen molar-refractivity contribution in [3.63, 3.8) is 0 Å². The summed E-state index contributed by atoms with van der Waals surface area (Å²) < 4.78 is 45.2. The lowest BCUT2D eigenvalue weighted by molar-refractivity contribution is -0.117. The Morgan fingerprint density at radius 2 is 2.00 bits per heavy atom. The normalized spacial score (nSPS) is 15.0. The van der Waals surface area contributed by atoms with Gasteiger partial charge in [0.2, 0.25) is 0 Å². The van der Waals surface area contributed by atoms with Gasteiger partial charge in [0, 0.05) is 18.3 Å². The summed E-state index contributed by atoms with van der Waals surface area (Å²) in [5.74, 6) is -2.07. The number of ether oxygens (including phenoxy) is 1. The molecule has 29 heavy (non-hydrogen) atoms. The van der Waals surface area contributed by atoms with Gasteiger partial charge in [-0.25, -0.2) is 18.2 Å². The minimum atomic E-state index is -4.29. The van der Waals surface area contributed by atoms with Crippen LogP contribution in [0.5, 0.6) is 11.5 Å². The first-order valence-corrected chi connectivity index (χ1v) is 9.67. The highest BCUT2D eigenvalue weighted by atomic mass is 32.2. The lowest BCUT2D eigenvalue weighted by Crippen LogP contribution is -2.30. The van der Waals surface area contributed by atoms with E-state index in [0.29, 0.717) is 10.1 Å². The summed E-state index contributed by atoms with van der Waals surface area (Å²) in [6.07, 6.45) is 0. The van der Waals surface area contributed by atoms with Crippen LogP contribution < -0.4 is 24.4 Å². The van der Waals surface area contributed by atoms with Crippen LogP contribution in [0.25, 0.3) is 0 Å². The first-order valence-electron chi connectivity index (χ1n) is 8.23. The third-order valence-corrected chi connectivity index (χ3v) is 5.36. The van der Waals surface area contributed by atoms with Gasteiger partial charge in [-0.15, -0.1) is 0 Å². The van der Waals surface area contributed by atoms with Gasteiger partial charge in [-0.05, 0) is 23.8 Å². The van der Waals surface area contributed by atoms with Crippen LogP contribution in [0, 0.1) is 5.82 Å². The highest BCUT2D eigenvalue weighted by Gasteiger charge is 2.37. The van der Waals surface area contributed by atoms with Gasteiger partial charge in [0.15, 0.2) is 5.82 Å². The van der Waals surface area contributed by atoms with Crippen molar-refractivity contribution in [1.82, 2.24) is 10.0 Å². The van der Waals surface area contributed by atoms with E-state index in [2.05, 4.69) is 10.6 Å². The number of benzene rings is 2. The fraction of sp³-hybridized carbons (Fsp3) is 0.176. The van der Waals surface area contributed by atoms with Gasteiger partial charge in [0.25, 0.3) is 5.91 Å². The number of carbonyl (C=O) groups excluding carboxylic acids is 2. The van der Waals surface area contributed by atoms with E-state index in [1.807, 2.05) is 0 Å². The number of carbonyl (C=O) groups is 2. The lowest BCUT2D eigenvalue weighted by atomic mass is 10.2. The van der Waals surface area contributed by atoms with Crippen molar-refractivity contribution in [2.75, 3.05) is 23.3 Å². The van der Waals surface area contributed by atoms with Crippen molar-refractivity contribution in [2.45, 2.75) is 6.54 Å². The minimum Gasteiger partial charge on any atom is -0.506 e. The predicted molar refractivity (Wildman–Crippen MR) is 101 cm³/mol. The molecule has 1 aliphatic heterocycles. The predicted octanol–water partition coefficient (Wildman–Crippen LogP) is 1.04. The summed E-state index contributed by atoms with van der Waals surface area (Å²) in [6.45, 7) is -0.482. The molecular weight excluding hydrogens is 407 g/mol. The highest BCUT2D eigenvalue weighted by molar-refractivity contribution is 7.92. The second-order valence-electron chi connectivity index (χ2n) is 6.02. The summed E-state index contributed by atoms with van der Waals surface area (Å²) in [6, 6.07) is 8.11. The Morgan fingerprint density at radius 1 is 1.31 bits per heavy atom. The van der Waals surface area contributed by atoms with E-state index < -0.39 is 45.9 Å². The van der Waals surface area contributed by atoms with Crippen molar-refractivity contribution in [2.24, 2.45) is 0 Å². The van der Waals surface area contributed by atoms with Crippen LogP contribution in [-0.2, 0) is 21.5 Å². The molecule has 0 spiro atoms. The number of nitrogens with zero attached hydrogens (tertiary/aromatic N) is 1. The fourth-order valence-electron chi connectivity index (χ4n) is 2.65. The maximum absolute atomic E-state index is 14.4. The molecule has 0 saturated carbocycles. The Bertz CT molecular complexity index is 1040. The first-order chi connectivity index (χ1) is 13.7. The number of anilines is 2. The molecule has 0 atom stereocenters. The smallest absolute Gasteiger partial charge is 0.326 e. The van der Waals surface area contributed by atoms with E-state index in [4.69, 9.17) is 4.74 Å². The summed E-state index contributed by atoms with van der Waals surface area (Å²) in [4.78, 5) is 23.3. The summed E-state index contributed by atoms with van der Waals surface area (Å²) in [7, 11) is -2.75. The number of hydrogen-bond donors (Lipinski definition) is 4. The first kappa shape index (κ1) is 20.2. The Morgan fingerprint density at radius 3 is 2.55 bits per heavy atom. The van der Waals surface area contributed by atoms with E-state index in [-0.39, 0.29) is 12.2 Å². The summed E-state index contributed by atoms with van der Waals surface area (Å²) in [5.41, 5.74) is 0.00105. The van der Waals surface area contributed by atoms with Gasteiger partial charge in [-0.3, -0.25) is 4.79 Å². The molecule has 3 amide bonds. The lowest BCUT2D eigenvalue weighted by Gasteiger charge is -2.18. The van der Waals surface area contributed by atoms with Crippen molar-refractivity contribution in [3.05, 3.63) is 47.8 Å². The molecule has 0 aromatic heterocycles. The van der Waals surface area contributed by atoms with Gasteiger partial charge < -0.3 is 20.5 Å². The zero-order chi connectivity index (χ0) is 21.2. The number of urea groups is 1. The number of rotatable bonds is 5. The molecule has 3 rings (SSSR count). The van der Waals surface area contributed by atoms with Crippen molar-refractivity contribution in [3.8, 4) is 11.5 Å². The average molecular weight is 424 g/mol. The van der Waals surface area contributed by atoms with Crippen LogP contribution in [0.4, 0.5) is 20.6 Å². The molecule has 0 aliphatic carbocycles. The summed E-state index contributed by atoms with van der Waals surface area (Å²) in [5, 5.41) is 14.9. The fourth-order valence-corrected chi connectivity index (χ4v) is 3.82. The largest absolute Gasteiger partial charge is 0.506 e. The molecule has 2 aromatic rings. The van der Waals surface area contributed by atoms with E-state index in [1.165, 1.54) is 7.11 Å². The number of hydrogen-bond acceptors (Lipinski definition) is 6. The molecule has 154 valence electrons. The SMILES string of the molecule is COc1ccc(CNC(=O)Nc2cc(O)c(N3CC(=O)NS3(=O)=O)c(F)c2)cc1. The number of aromatic hydroxyl groups is 1. The maximum atomic E-state index is 14.4. The average Bonchev–Trinajstić information content (AvgIpc) is 2.92. The zero-order valence-corrected chi connectivity index (χ0v) is 15.9. The Kier molecular flexibility index (Phi) is 5.46.